The predicted octanol–water partition coefficient (Wildman–Crippen LogP) is 4.86. The number of hydrogen-bond acceptors (Lipinski definition) is 0. The zero-order valence-corrected chi connectivity index (χ0v) is 10.1. The second-order valence-electron chi connectivity index (χ2n) is 3.56. The summed E-state index contributed by atoms with van der Waals surface area (Å²) in [5.74, 6) is 0. The van der Waals surface area contributed by atoms with E-state index in [-0.39, 0.29) is 6.67 Å². The van der Waals surface area contributed by atoms with Gasteiger partial charge < -0.3 is 0 Å². The molecular formula is C11H22BrF. The fourth-order valence-corrected chi connectivity index (χ4v) is 1.82. The molecule has 0 amide bonds. The molecule has 2 heteroatoms. The first-order valence-electron chi connectivity index (χ1n) is 5.53. The summed E-state index contributed by atoms with van der Waals surface area (Å²) in [6.07, 6.45) is 11.1. The van der Waals surface area contributed by atoms with Crippen molar-refractivity contribution in [2.24, 2.45) is 0 Å². The molecular weight excluding hydrogens is 231 g/mol. The van der Waals surface area contributed by atoms with Crippen LogP contribution in [0.15, 0.2) is 0 Å². The molecule has 0 aliphatic carbocycles. The van der Waals surface area contributed by atoms with Gasteiger partial charge in [-0.15, -0.1) is 0 Å². The van der Waals surface area contributed by atoms with Gasteiger partial charge >= 0.3 is 0 Å². The van der Waals surface area contributed by atoms with E-state index in [0.717, 1.165) is 18.2 Å². The third-order valence-electron chi connectivity index (χ3n) is 2.27. The summed E-state index contributed by atoms with van der Waals surface area (Å²) in [7, 11) is 0. The van der Waals surface area contributed by atoms with E-state index < -0.39 is 0 Å². The molecule has 0 aromatic carbocycles. The second kappa shape index (κ2) is 12.4. The molecule has 0 aromatic rings. The monoisotopic (exact) mass is 252 g/mol. The molecule has 0 aliphatic rings. The minimum Gasteiger partial charge on any atom is -0.251 e. The first-order valence-corrected chi connectivity index (χ1v) is 6.66. The zero-order valence-electron chi connectivity index (χ0n) is 8.53. The van der Waals surface area contributed by atoms with Crippen LogP contribution in [0.25, 0.3) is 0 Å². The van der Waals surface area contributed by atoms with Crippen molar-refractivity contribution in [3.05, 3.63) is 0 Å². The van der Waals surface area contributed by atoms with Crippen molar-refractivity contribution < 1.29 is 4.39 Å². The summed E-state index contributed by atoms with van der Waals surface area (Å²) in [5.41, 5.74) is 0. The lowest BCUT2D eigenvalue weighted by Crippen LogP contribution is -1.82. The van der Waals surface area contributed by atoms with E-state index in [1.165, 1.54) is 44.9 Å². The summed E-state index contributed by atoms with van der Waals surface area (Å²) < 4.78 is 11.7. The second-order valence-corrected chi connectivity index (χ2v) is 4.35. The third kappa shape index (κ3) is 12.4. The van der Waals surface area contributed by atoms with Gasteiger partial charge in [-0.05, 0) is 12.8 Å². The van der Waals surface area contributed by atoms with Crippen molar-refractivity contribution in [1.82, 2.24) is 0 Å². The molecule has 0 atom stereocenters. The Bertz CT molecular complexity index is 76.2. The minimum atomic E-state index is -0.134. The number of rotatable bonds is 10. The number of halogens is 2. The van der Waals surface area contributed by atoms with E-state index in [2.05, 4.69) is 15.9 Å². The van der Waals surface area contributed by atoms with Gasteiger partial charge in [0, 0.05) is 5.33 Å². The molecule has 0 saturated carbocycles. The van der Waals surface area contributed by atoms with Gasteiger partial charge in [0.1, 0.15) is 0 Å². The average molecular weight is 253 g/mol. The average Bonchev–Trinajstić information content (AvgIpc) is 2.16. The molecule has 0 saturated heterocycles. The Kier molecular flexibility index (Phi) is 12.8. The Balaban J connectivity index is 2.76. The minimum absolute atomic E-state index is 0.134. The van der Waals surface area contributed by atoms with Crippen LogP contribution < -0.4 is 0 Å². The standard InChI is InChI=1S/C11H22BrF/c12-10-8-6-4-2-1-3-5-7-9-11-13/h1-11H2. The van der Waals surface area contributed by atoms with Gasteiger partial charge in [-0.1, -0.05) is 60.9 Å². The van der Waals surface area contributed by atoms with Gasteiger partial charge in [0.05, 0.1) is 6.67 Å². The maximum absolute atomic E-state index is 11.7. The van der Waals surface area contributed by atoms with Crippen molar-refractivity contribution in [1.29, 1.82) is 0 Å². The first kappa shape index (κ1) is 13.4. The van der Waals surface area contributed by atoms with E-state index in [1.54, 1.807) is 0 Å². The summed E-state index contributed by atoms with van der Waals surface area (Å²) in [5, 5.41) is 1.14. The van der Waals surface area contributed by atoms with Crippen LogP contribution in [0.2, 0.25) is 0 Å². The van der Waals surface area contributed by atoms with Gasteiger partial charge in [0.15, 0.2) is 0 Å². The fourth-order valence-electron chi connectivity index (χ4n) is 1.43. The van der Waals surface area contributed by atoms with Crippen LogP contribution in [-0.4, -0.2) is 12.0 Å². The highest BCUT2D eigenvalue weighted by atomic mass is 79.9. The van der Waals surface area contributed by atoms with E-state index in [9.17, 15) is 4.39 Å². The molecule has 13 heavy (non-hydrogen) atoms. The normalized spacial score (nSPS) is 10.6. The van der Waals surface area contributed by atoms with Crippen LogP contribution in [-0.2, 0) is 0 Å². The lowest BCUT2D eigenvalue weighted by Gasteiger charge is -2.00. The molecule has 0 radical (unpaired) electrons. The van der Waals surface area contributed by atoms with E-state index in [0.29, 0.717) is 0 Å². The highest BCUT2D eigenvalue weighted by Gasteiger charge is 1.91. The summed E-state index contributed by atoms with van der Waals surface area (Å²) in [6, 6.07) is 0. The highest BCUT2D eigenvalue weighted by molar-refractivity contribution is 9.09. The molecule has 0 N–H and O–H groups in total. The Morgan fingerprint density at radius 3 is 1.38 bits per heavy atom. The Morgan fingerprint density at radius 1 is 0.615 bits per heavy atom. The SMILES string of the molecule is FCCCCCCCCCCCBr. The zero-order chi connectivity index (χ0) is 9.78. The lowest BCUT2D eigenvalue weighted by atomic mass is 10.1. The first-order chi connectivity index (χ1) is 6.41. The smallest absolute Gasteiger partial charge is 0.0894 e. The van der Waals surface area contributed by atoms with E-state index in [1.807, 2.05) is 0 Å². The molecule has 80 valence electrons. The molecule has 0 fully saturated rings. The topological polar surface area (TPSA) is 0 Å². The van der Waals surface area contributed by atoms with Crippen molar-refractivity contribution in [2.75, 3.05) is 12.0 Å². The predicted molar refractivity (Wildman–Crippen MR) is 61.3 cm³/mol. The number of hydrogen-bond donors (Lipinski definition) is 0. The number of unbranched alkanes of at least 4 members (excludes halogenated alkanes) is 8. The van der Waals surface area contributed by atoms with Gasteiger partial charge in [0.2, 0.25) is 0 Å². The van der Waals surface area contributed by atoms with Crippen molar-refractivity contribution in [3.8, 4) is 0 Å². The molecule has 0 bridgehead atoms. The van der Waals surface area contributed by atoms with E-state index >= 15 is 0 Å². The van der Waals surface area contributed by atoms with Gasteiger partial charge in [-0.2, -0.15) is 0 Å². The van der Waals surface area contributed by atoms with Crippen molar-refractivity contribution in [3.63, 3.8) is 0 Å². The molecule has 0 rings (SSSR count). The molecule has 0 aliphatic heterocycles. The van der Waals surface area contributed by atoms with Crippen molar-refractivity contribution in [2.45, 2.75) is 57.8 Å². The summed E-state index contributed by atoms with van der Waals surface area (Å²) in [4.78, 5) is 0. The van der Waals surface area contributed by atoms with Crippen molar-refractivity contribution >= 4 is 15.9 Å². The molecule has 0 aromatic heterocycles. The van der Waals surface area contributed by atoms with E-state index in [4.69, 9.17) is 0 Å². The Labute approximate surface area is 90.4 Å². The summed E-state index contributed by atoms with van der Waals surface area (Å²) >= 11 is 3.43. The van der Waals surface area contributed by atoms with Crippen LogP contribution in [0.4, 0.5) is 4.39 Å². The van der Waals surface area contributed by atoms with Crippen LogP contribution in [0.1, 0.15) is 57.8 Å². The van der Waals surface area contributed by atoms with Gasteiger partial charge in [0.25, 0.3) is 0 Å². The Morgan fingerprint density at radius 2 is 1.00 bits per heavy atom. The molecule has 0 heterocycles. The highest BCUT2D eigenvalue weighted by Crippen LogP contribution is 2.10. The van der Waals surface area contributed by atoms with Gasteiger partial charge in [-0.3, -0.25) is 4.39 Å². The lowest BCUT2D eigenvalue weighted by molar-refractivity contribution is 0.449. The van der Waals surface area contributed by atoms with Crippen LogP contribution >= 0.6 is 15.9 Å². The quantitative estimate of drug-likeness (QED) is 0.385. The van der Waals surface area contributed by atoms with Crippen LogP contribution in [0.3, 0.4) is 0 Å². The summed E-state index contributed by atoms with van der Waals surface area (Å²) in [6.45, 7) is -0.134. The van der Waals surface area contributed by atoms with Crippen LogP contribution in [0, 0.1) is 0 Å². The molecule has 0 unspecified atom stereocenters. The van der Waals surface area contributed by atoms with Gasteiger partial charge in [-0.25, -0.2) is 0 Å². The maximum atomic E-state index is 11.7. The Hall–Kier alpha value is 0.410. The number of alkyl halides is 2. The third-order valence-corrected chi connectivity index (χ3v) is 2.83. The fraction of sp³-hybridized carbons (Fsp3) is 1.00. The largest absolute Gasteiger partial charge is 0.251 e. The maximum Gasteiger partial charge on any atom is 0.0894 e. The van der Waals surface area contributed by atoms with Crippen LogP contribution in [0.5, 0.6) is 0 Å². The molecule has 0 nitrogen and oxygen atoms in total. The molecule has 0 spiro atoms.